The van der Waals surface area contributed by atoms with Crippen molar-refractivity contribution in [3.05, 3.63) is 58.6 Å². The number of carbonyl (C=O) groups excluding carboxylic acids is 2. The maximum absolute atomic E-state index is 12.6. The van der Waals surface area contributed by atoms with Crippen molar-refractivity contribution >= 4 is 23.5 Å². The molecule has 1 N–H and O–H groups in total. The summed E-state index contributed by atoms with van der Waals surface area (Å²) in [6.45, 7) is 0.785. The smallest absolute Gasteiger partial charge is 0.328 e. The van der Waals surface area contributed by atoms with E-state index in [1.807, 2.05) is 30.3 Å². The zero-order valence-corrected chi connectivity index (χ0v) is 14.9. The van der Waals surface area contributed by atoms with Crippen LogP contribution >= 0.6 is 11.6 Å². The first-order valence-electron chi connectivity index (χ1n) is 8.10. The maximum atomic E-state index is 12.6. The van der Waals surface area contributed by atoms with Gasteiger partial charge in [0.15, 0.2) is 11.5 Å². The average Bonchev–Trinajstić information content (AvgIpc) is 2.67. The van der Waals surface area contributed by atoms with Gasteiger partial charge < -0.3 is 19.5 Å². The molecule has 0 saturated heterocycles. The summed E-state index contributed by atoms with van der Waals surface area (Å²) >= 11 is 6.17. The topological polar surface area (TPSA) is 73.9 Å². The van der Waals surface area contributed by atoms with Gasteiger partial charge in [0, 0.05) is 12.0 Å². The van der Waals surface area contributed by atoms with E-state index in [0.717, 1.165) is 5.56 Å². The molecule has 6 nitrogen and oxygen atoms in total. The highest BCUT2D eigenvalue weighted by Crippen LogP contribution is 2.38. The molecule has 0 spiro atoms. The molecule has 7 heteroatoms. The molecule has 0 radical (unpaired) electrons. The molecule has 0 aliphatic carbocycles. The minimum Gasteiger partial charge on any atom is -0.486 e. The SMILES string of the molecule is COC(=O)[C@H](Cc1ccccc1)NC(=O)c1cc(Cl)c2c(c1)OCCO2. The summed E-state index contributed by atoms with van der Waals surface area (Å²) in [5, 5.41) is 2.98. The molecule has 1 aliphatic heterocycles. The van der Waals surface area contributed by atoms with Crippen LogP contribution in [0.1, 0.15) is 15.9 Å². The predicted molar refractivity (Wildman–Crippen MR) is 95.9 cm³/mol. The van der Waals surface area contributed by atoms with E-state index in [1.54, 1.807) is 6.07 Å². The second-order valence-corrected chi connectivity index (χ2v) is 6.13. The first-order chi connectivity index (χ1) is 12.6. The minimum atomic E-state index is -0.818. The number of benzene rings is 2. The average molecular weight is 376 g/mol. The van der Waals surface area contributed by atoms with Crippen LogP contribution in [0.5, 0.6) is 11.5 Å². The van der Waals surface area contributed by atoms with Crippen LogP contribution in [0.4, 0.5) is 0 Å². The molecule has 2 aromatic rings. The number of esters is 1. The van der Waals surface area contributed by atoms with Crippen LogP contribution in [0.3, 0.4) is 0 Å². The maximum Gasteiger partial charge on any atom is 0.328 e. The van der Waals surface area contributed by atoms with Gasteiger partial charge in [0.25, 0.3) is 5.91 Å². The lowest BCUT2D eigenvalue weighted by Gasteiger charge is -2.21. The van der Waals surface area contributed by atoms with Crippen molar-refractivity contribution in [2.24, 2.45) is 0 Å². The van der Waals surface area contributed by atoms with E-state index >= 15 is 0 Å². The van der Waals surface area contributed by atoms with E-state index in [2.05, 4.69) is 5.32 Å². The van der Waals surface area contributed by atoms with Gasteiger partial charge in [-0.15, -0.1) is 0 Å². The van der Waals surface area contributed by atoms with Crippen LogP contribution in [0.2, 0.25) is 5.02 Å². The molecule has 1 atom stereocenters. The van der Waals surface area contributed by atoms with Gasteiger partial charge in [0.1, 0.15) is 19.3 Å². The fourth-order valence-corrected chi connectivity index (χ4v) is 2.93. The van der Waals surface area contributed by atoms with Gasteiger partial charge >= 0.3 is 5.97 Å². The quantitative estimate of drug-likeness (QED) is 0.813. The van der Waals surface area contributed by atoms with Crippen LogP contribution in [0.25, 0.3) is 0 Å². The third-order valence-electron chi connectivity index (χ3n) is 3.93. The Morgan fingerprint density at radius 2 is 1.92 bits per heavy atom. The van der Waals surface area contributed by atoms with Crippen molar-refractivity contribution in [3.8, 4) is 11.5 Å². The van der Waals surface area contributed by atoms with Crippen LogP contribution in [-0.2, 0) is 16.0 Å². The number of rotatable bonds is 5. The van der Waals surface area contributed by atoms with Gasteiger partial charge in [-0.05, 0) is 17.7 Å². The number of fused-ring (bicyclic) bond motifs is 1. The summed E-state index contributed by atoms with van der Waals surface area (Å²) in [5.74, 6) is -0.143. The Hall–Kier alpha value is -2.73. The molecule has 3 rings (SSSR count). The highest BCUT2D eigenvalue weighted by atomic mass is 35.5. The standard InChI is InChI=1S/C19H18ClNO5/c1-24-19(23)15(9-12-5-3-2-4-6-12)21-18(22)13-10-14(20)17-16(11-13)25-7-8-26-17/h2-6,10-11,15H,7-9H2,1H3,(H,21,22)/t15-/m0/s1. The van der Waals surface area contributed by atoms with Crippen molar-refractivity contribution in [3.63, 3.8) is 0 Å². The number of methoxy groups -OCH3 is 1. The van der Waals surface area contributed by atoms with Crippen LogP contribution in [0, 0.1) is 0 Å². The molecule has 0 bridgehead atoms. The lowest BCUT2D eigenvalue weighted by molar-refractivity contribution is -0.142. The molecule has 1 heterocycles. The molecule has 1 amide bonds. The predicted octanol–water partition coefficient (Wildman–Crippen LogP) is 2.63. The van der Waals surface area contributed by atoms with Crippen LogP contribution in [-0.4, -0.2) is 38.2 Å². The van der Waals surface area contributed by atoms with Crippen molar-refractivity contribution < 1.29 is 23.8 Å². The molecule has 1 aliphatic rings. The molecule has 0 aromatic heterocycles. The minimum absolute atomic E-state index is 0.279. The number of amides is 1. The number of hydrogen-bond acceptors (Lipinski definition) is 5. The Balaban J connectivity index is 1.79. The Labute approximate surface area is 156 Å². The Morgan fingerprint density at radius 1 is 1.19 bits per heavy atom. The highest BCUT2D eigenvalue weighted by molar-refractivity contribution is 6.32. The molecule has 26 heavy (non-hydrogen) atoms. The van der Waals surface area contributed by atoms with Crippen molar-refractivity contribution in [2.75, 3.05) is 20.3 Å². The first-order valence-corrected chi connectivity index (χ1v) is 8.48. The van der Waals surface area contributed by atoms with Crippen LogP contribution < -0.4 is 14.8 Å². The Morgan fingerprint density at radius 3 is 2.65 bits per heavy atom. The number of hydrogen-bond donors (Lipinski definition) is 1. The zero-order chi connectivity index (χ0) is 18.5. The molecular formula is C19H18ClNO5. The Bertz CT molecular complexity index is 809. The van der Waals surface area contributed by atoms with Gasteiger partial charge in [-0.25, -0.2) is 4.79 Å². The van der Waals surface area contributed by atoms with E-state index in [-0.39, 0.29) is 10.6 Å². The summed E-state index contributed by atoms with van der Waals surface area (Å²) < 4.78 is 15.7. The van der Waals surface area contributed by atoms with E-state index in [1.165, 1.54) is 13.2 Å². The monoisotopic (exact) mass is 375 g/mol. The van der Waals surface area contributed by atoms with Crippen molar-refractivity contribution in [2.45, 2.75) is 12.5 Å². The fraction of sp³-hybridized carbons (Fsp3) is 0.263. The summed E-state index contributed by atoms with van der Waals surface area (Å²) in [4.78, 5) is 24.7. The lowest BCUT2D eigenvalue weighted by atomic mass is 10.1. The van der Waals surface area contributed by atoms with E-state index < -0.39 is 17.9 Å². The van der Waals surface area contributed by atoms with Crippen LogP contribution in [0.15, 0.2) is 42.5 Å². The third-order valence-corrected chi connectivity index (χ3v) is 4.21. The summed E-state index contributed by atoms with van der Waals surface area (Å²) in [7, 11) is 1.29. The summed E-state index contributed by atoms with van der Waals surface area (Å²) in [6.07, 6.45) is 0.317. The van der Waals surface area contributed by atoms with Gasteiger partial charge in [0.05, 0.1) is 12.1 Å². The lowest BCUT2D eigenvalue weighted by Crippen LogP contribution is -2.43. The second-order valence-electron chi connectivity index (χ2n) is 5.72. The zero-order valence-electron chi connectivity index (χ0n) is 14.2. The largest absolute Gasteiger partial charge is 0.486 e. The second kappa shape index (κ2) is 8.10. The van der Waals surface area contributed by atoms with E-state index in [0.29, 0.717) is 31.1 Å². The third kappa shape index (κ3) is 4.08. The molecular weight excluding hydrogens is 358 g/mol. The van der Waals surface area contributed by atoms with Gasteiger partial charge in [-0.1, -0.05) is 41.9 Å². The molecule has 0 fully saturated rings. The van der Waals surface area contributed by atoms with Crippen molar-refractivity contribution in [1.82, 2.24) is 5.32 Å². The fourth-order valence-electron chi connectivity index (χ4n) is 2.67. The van der Waals surface area contributed by atoms with Gasteiger partial charge in [-0.2, -0.15) is 0 Å². The molecule has 2 aromatic carbocycles. The van der Waals surface area contributed by atoms with E-state index in [9.17, 15) is 9.59 Å². The van der Waals surface area contributed by atoms with Crippen molar-refractivity contribution in [1.29, 1.82) is 0 Å². The summed E-state index contributed by atoms with van der Waals surface area (Å²) in [6, 6.07) is 11.6. The molecule has 0 unspecified atom stereocenters. The normalized spacial score (nSPS) is 13.6. The summed E-state index contributed by atoms with van der Waals surface area (Å²) in [5.41, 5.74) is 1.18. The number of ether oxygens (including phenoxy) is 3. The number of nitrogens with one attached hydrogen (secondary N) is 1. The number of halogens is 1. The van der Waals surface area contributed by atoms with Gasteiger partial charge in [-0.3, -0.25) is 4.79 Å². The first kappa shape index (κ1) is 18.1. The highest BCUT2D eigenvalue weighted by Gasteiger charge is 2.25. The Kier molecular flexibility index (Phi) is 5.63. The van der Waals surface area contributed by atoms with Gasteiger partial charge in [0.2, 0.25) is 0 Å². The molecule has 0 saturated carbocycles. The molecule has 136 valence electrons. The number of carbonyl (C=O) groups is 2. The van der Waals surface area contributed by atoms with E-state index in [4.69, 9.17) is 25.8 Å².